The van der Waals surface area contributed by atoms with Gasteiger partial charge in [0.2, 0.25) is 0 Å². The Morgan fingerprint density at radius 3 is 2.55 bits per heavy atom. The van der Waals surface area contributed by atoms with Gasteiger partial charge in [-0.05, 0) is 61.9 Å². The minimum atomic E-state index is -0.0969. The van der Waals surface area contributed by atoms with Crippen LogP contribution in [0.5, 0.6) is 5.75 Å². The van der Waals surface area contributed by atoms with Gasteiger partial charge in [-0.2, -0.15) is 9.78 Å². The molecule has 0 spiro atoms. The molecule has 3 rings (SSSR count). The van der Waals surface area contributed by atoms with E-state index in [1.54, 1.807) is 12.3 Å². The summed E-state index contributed by atoms with van der Waals surface area (Å²) in [6.45, 7) is 2.01. The predicted octanol–water partition coefficient (Wildman–Crippen LogP) is 3.51. The highest BCUT2D eigenvalue weighted by atomic mass is 16.5. The van der Waals surface area contributed by atoms with E-state index in [0.29, 0.717) is 6.10 Å². The molecule has 0 radical (unpaired) electrons. The van der Waals surface area contributed by atoms with Crippen molar-refractivity contribution in [3.8, 4) is 11.4 Å². The third-order valence-electron chi connectivity index (χ3n) is 4.20. The number of benzene rings is 1. The van der Waals surface area contributed by atoms with Crippen molar-refractivity contribution in [2.45, 2.75) is 51.6 Å². The van der Waals surface area contributed by atoms with Gasteiger partial charge < -0.3 is 4.74 Å². The number of hydrogen-bond acceptors (Lipinski definition) is 3. The van der Waals surface area contributed by atoms with E-state index in [-0.39, 0.29) is 5.56 Å². The van der Waals surface area contributed by atoms with Gasteiger partial charge in [0.1, 0.15) is 5.75 Å². The maximum atomic E-state index is 12.1. The Labute approximate surface area is 130 Å². The zero-order valence-corrected chi connectivity index (χ0v) is 13.0. The van der Waals surface area contributed by atoms with Crippen LogP contribution in [0, 0.1) is 0 Å². The molecule has 1 aromatic heterocycles. The molecule has 1 fully saturated rings. The first-order valence-electron chi connectivity index (χ1n) is 8.11. The molecule has 4 heteroatoms. The highest BCUT2D eigenvalue weighted by molar-refractivity contribution is 5.36. The SMILES string of the molecule is CCc1cnn(-c2ccc(OC3CCCCC3)cc2)c(=O)c1. The van der Waals surface area contributed by atoms with Crippen LogP contribution < -0.4 is 10.3 Å². The van der Waals surface area contributed by atoms with Crippen LogP contribution in [0.15, 0.2) is 41.3 Å². The van der Waals surface area contributed by atoms with Gasteiger partial charge in [-0.25, -0.2) is 0 Å². The normalized spacial score (nSPS) is 15.7. The molecule has 0 N–H and O–H groups in total. The lowest BCUT2D eigenvalue weighted by molar-refractivity contribution is 0.155. The lowest BCUT2D eigenvalue weighted by Gasteiger charge is -2.23. The minimum absolute atomic E-state index is 0.0969. The minimum Gasteiger partial charge on any atom is -0.490 e. The Balaban J connectivity index is 1.74. The van der Waals surface area contributed by atoms with Crippen LogP contribution in [-0.2, 0) is 6.42 Å². The molecule has 1 aliphatic carbocycles. The van der Waals surface area contributed by atoms with Crippen molar-refractivity contribution in [2.24, 2.45) is 0 Å². The first-order chi connectivity index (χ1) is 10.8. The smallest absolute Gasteiger partial charge is 0.271 e. The quantitative estimate of drug-likeness (QED) is 0.867. The van der Waals surface area contributed by atoms with Gasteiger partial charge in [0.05, 0.1) is 18.0 Å². The van der Waals surface area contributed by atoms with Gasteiger partial charge in [-0.3, -0.25) is 4.79 Å². The standard InChI is InChI=1S/C18H22N2O2/c1-2-14-12-18(21)20(19-13-14)15-8-10-17(11-9-15)22-16-6-4-3-5-7-16/h8-13,16H,2-7H2,1H3. The van der Waals surface area contributed by atoms with Gasteiger partial charge in [-0.15, -0.1) is 0 Å². The van der Waals surface area contributed by atoms with Crippen molar-refractivity contribution in [3.05, 3.63) is 52.4 Å². The summed E-state index contributed by atoms with van der Waals surface area (Å²) in [5, 5.41) is 4.23. The van der Waals surface area contributed by atoms with Crippen LogP contribution in [0.1, 0.15) is 44.6 Å². The largest absolute Gasteiger partial charge is 0.490 e. The number of aryl methyl sites for hydroxylation is 1. The number of aromatic nitrogens is 2. The van der Waals surface area contributed by atoms with Gasteiger partial charge >= 0.3 is 0 Å². The van der Waals surface area contributed by atoms with E-state index < -0.39 is 0 Å². The molecule has 0 amide bonds. The fourth-order valence-electron chi connectivity index (χ4n) is 2.87. The molecule has 0 saturated heterocycles. The van der Waals surface area contributed by atoms with Crippen molar-refractivity contribution in [1.29, 1.82) is 0 Å². The monoisotopic (exact) mass is 298 g/mol. The number of nitrogens with zero attached hydrogens (tertiary/aromatic N) is 2. The van der Waals surface area contributed by atoms with E-state index in [0.717, 1.165) is 36.3 Å². The molecular formula is C18H22N2O2. The third-order valence-corrected chi connectivity index (χ3v) is 4.20. The fraction of sp³-hybridized carbons (Fsp3) is 0.444. The van der Waals surface area contributed by atoms with Crippen LogP contribution in [0.2, 0.25) is 0 Å². The van der Waals surface area contributed by atoms with E-state index in [1.165, 1.54) is 23.9 Å². The summed E-state index contributed by atoms with van der Waals surface area (Å²) >= 11 is 0. The molecular weight excluding hydrogens is 276 g/mol. The Bertz CT molecular complexity index is 670. The summed E-state index contributed by atoms with van der Waals surface area (Å²) in [6.07, 6.45) is 9.01. The molecule has 1 aliphatic rings. The van der Waals surface area contributed by atoms with Crippen LogP contribution in [-0.4, -0.2) is 15.9 Å². The van der Waals surface area contributed by atoms with E-state index >= 15 is 0 Å². The molecule has 0 aliphatic heterocycles. The van der Waals surface area contributed by atoms with Crippen molar-refractivity contribution < 1.29 is 4.74 Å². The number of hydrogen-bond donors (Lipinski definition) is 0. The Morgan fingerprint density at radius 2 is 1.91 bits per heavy atom. The average Bonchev–Trinajstić information content (AvgIpc) is 2.56. The highest BCUT2D eigenvalue weighted by Gasteiger charge is 2.14. The second-order valence-corrected chi connectivity index (χ2v) is 5.84. The molecule has 1 aromatic carbocycles. The van der Waals surface area contributed by atoms with Gasteiger partial charge in [0, 0.05) is 6.07 Å². The maximum absolute atomic E-state index is 12.1. The second-order valence-electron chi connectivity index (χ2n) is 5.84. The van der Waals surface area contributed by atoms with Gasteiger partial charge in [0.15, 0.2) is 0 Å². The zero-order valence-electron chi connectivity index (χ0n) is 13.0. The van der Waals surface area contributed by atoms with Crippen molar-refractivity contribution >= 4 is 0 Å². The summed E-state index contributed by atoms with van der Waals surface area (Å²) in [6, 6.07) is 9.26. The summed E-state index contributed by atoms with van der Waals surface area (Å²) < 4.78 is 7.43. The van der Waals surface area contributed by atoms with Crippen molar-refractivity contribution in [1.82, 2.24) is 9.78 Å². The number of ether oxygens (including phenoxy) is 1. The number of rotatable bonds is 4. The van der Waals surface area contributed by atoms with E-state index in [2.05, 4.69) is 5.10 Å². The van der Waals surface area contributed by atoms with Crippen LogP contribution in [0.3, 0.4) is 0 Å². The van der Waals surface area contributed by atoms with Gasteiger partial charge in [0.25, 0.3) is 5.56 Å². The molecule has 1 saturated carbocycles. The molecule has 116 valence electrons. The Morgan fingerprint density at radius 1 is 1.18 bits per heavy atom. The van der Waals surface area contributed by atoms with Crippen LogP contribution in [0.4, 0.5) is 0 Å². The molecule has 2 aromatic rings. The van der Waals surface area contributed by atoms with E-state index in [4.69, 9.17) is 4.74 Å². The van der Waals surface area contributed by atoms with Crippen LogP contribution in [0.25, 0.3) is 5.69 Å². The maximum Gasteiger partial charge on any atom is 0.271 e. The molecule has 4 nitrogen and oxygen atoms in total. The average molecular weight is 298 g/mol. The third kappa shape index (κ3) is 3.38. The predicted molar refractivity (Wildman–Crippen MR) is 86.7 cm³/mol. The summed E-state index contributed by atoms with van der Waals surface area (Å²) in [7, 11) is 0. The highest BCUT2D eigenvalue weighted by Crippen LogP contribution is 2.23. The Kier molecular flexibility index (Phi) is 4.56. The first-order valence-corrected chi connectivity index (χ1v) is 8.11. The molecule has 0 atom stereocenters. The molecule has 0 unspecified atom stereocenters. The van der Waals surface area contributed by atoms with Crippen molar-refractivity contribution in [3.63, 3.8) is 0 Å². The summed E-state index contributed by atoms with van der Waals surface area (Å²) in [4.78, 5) is 12.1. The second kappa shape index (κ2) is 6.77. The van der Waals surface area contributed by atoms with Crippen molar-refractivity contribution in [2.75, 3.05) is 0 Å². The van der Waals surface area contributed by atoms with E-state index in [1.807, 2.05) is 31.2 Å². The zero-order chi connectivity index (χ0) is 15.4. The summed E-state index contributed by atoms with van der Waals surface area (Å²) in [5.74, 6) is 0.869. The fourth-order valence-corrected chi connectivity index (χ4v) is 2.87. The summed E-state index contributed by atoms with van der Waals surface area (Å²) in [5.41, 5.74) is 1.63. The van der Waals surface area contributed by atoms with E-state index in [9.17, 15) is 4.79 Å². The van der Waals surface area contributed by atoms with Gasteiger partial charge in [-0.1, -0.05) is 13.3 Å². The lowest BCUT2D eigenvalue weighted by Crippen LogP contribution is -2.21. The topological polar surface area (TPSA) is 44.1 Å². The molecule has 1 heterocycles. The lowest BCUT2D eigenvalue weighted by atomic mass is 9.98. The molecule has 0 bridgehead atoms. The molecule has 22 heavy (non-hydrogen) atoms. The van der Waals surface area contributed by atoms with Crippen LogP contribution >= 0.6 is 0 Å². The Hall–Kier alpha value is -2.10. The first kappa shape index (κ1) is 14.8.